The van der Waals surface area contributed by atoms with E-state index in [-0.39, 0.29) is 19.1 Å². The number of aliphatic carboxylic acids is 1. The molecule has 0 saturated carbocycles. The lowest BCUT2D eigenvalue weighted by Crippen LogP contribution is -2.52. The first-order valence-corrected chi connectivity index (χ1v) is 7.70. The van der Waals surface area contributed by atoms with Crippen LogP contribution in [0.2, 0.25) is 0 Å². The lowest BCUT2D eigenvalue weighted by atomic mass is 9.80. The fourth-order valence-electron chi connectivity index (χ4n) is 3.05. The van der Waals surface area contributed by atoms with Gasteiger partial charge in [-0.2, -0.15) is 0 Å². The van der Waals surface area contributed by atoms with Crippen molar-refractivity contribution < 1.29 is 28.9 Å². The number of benzene rings is 1. The van der Waals surface area contributed by atoms with Gasteiger partial charge in [0.05, 0.1) is 20.8 Å². The molecule has 132 valence electrons. The molecule has 0 spiro atoms. The Morgan fingerprint density at radius 3 is 2.29 bits per heavy atom. The van der Waals surface area contributed by atoms with Crippen LogP contribution in [0, 0.1) is 5.41 Å². The number of carbonyl (C=O) groups excluding carboxylic acids is 1. The number of methoxy groups -OCH3 is 3. The zero-order valence-electron chi connectivity index (χ0n) is 14.2. The highest BCUT2D eigenvalue weighted by atomic mass is 16.5. The summed E-state index contributed by atoms with van der Waals surface area (Å²) < 4.78 is 15.5. The SMILES string of the molecule is COCC1(C(=O)O)CCCN(C(=O)c2cc(OC)cc(OC)c2)C1. The number of nitrogens with zero attached hydrogens (tertiary/aromatic N) is 1. The van der Waals surface area contributed by atoms with E-state index in [9.17, 15) is 14.7 Å². The number of amides is 1. The van der Waals surface area contributed by atoms with Gasteiger partial charge >= 0.3 is 5.97 Å². The number of hydrogen-bond acceptors (Lipinski definition) is 5. The molecule has 1 unspecified atom stereocenters. The molecule has 1 amide bonds. The van der Waals surface area contributed by atoms with Gasteiger partial charge < -0.3 is 24.2 Å². The molecule has 1 heterocycles. The largest absolute Gasteiger partial charge is 0.497 e. The molecule has 1 saturated heterocycles. The molecule has 1 N–H and O–H groups in total. The van der Waals surface area contributed by atoms with Crippen molar-refractivity contribution in [1.29, 1.82) is 0 Å². The molecule has 1 aromatic carbocycles. The second-order valence-corrected chi connectivity index (χ2v) is 5.95. The summed E-state index contributed by atoms with van der Waals surface area (Å²) in [6.45, 7) is 0.708. The third-order valence-corrected chi connectivity index (χ3v) is 4.34. The molecule has 0 radical (unpaired) electrons. The van der Waals surface area contributed by atoms with E-state index < -0.39 is 11.4 Å². The van der Waals surface area contributed by atoms with Gasteiger partial charge in [-0.3, -0.25) is 9.59 Å². The summed E-state index contributed by atoms with van der Waals surface area (Å²) in [4.78, 5) is 26.1. The van der Waals surface area contributed by atoms with Crippen LogP contribution in [0.3, 0.4) is 0 Å². The van der Waals surface area contributed by atoms with Gasteiger partial charge in [-0.25, -0.2) is 0 Å². The summed E-state index contributed by atoms with van der Waals surface area (Å²) in [5.41, 5.74) is -0.657. The van der Waals surface area contributed by atoms with Crippen LogP contribution >= 0.6 is 0 Å². The fraction of sp³-hybridized carbons (Fsp3) is 0.529. The molecule has 0 aromatic heterocycles. The van der Waals surface area contributed by atoms with E-state index >= 15 is 0 Å². The molecule has 7 heteroatoms. The summed E-state index contributed by atoms with van der Waals surface area (Å²) in [5, 5.41) is 9.60. The standard InChI is InChI=1S/C17H23NO6/c1-22-11-17(16(20)21)5-4-6-18(10-17)15(19)12-7-13(23-2)9-14(8-12)24-3/h7-9H,4-6,10-11H2,1-3H3,(H,20,21). The monoisotopic (exact) mass is 337 g/mol. The van der Waals surface area contributed by atoms with Crippen LogP contribution in [-0.4, -0.2) is 62.9 Å². The van der Waals surface area contributed by atoms with Gasteiger partial charge in [-0.15, -0.1) is 0 Å². The molecule has 0 bridgehead atoms. The van der Waals surface area contributed by atoms with E-state index in [1.165, 1.54) is 21.3 Å². The maximum atomic E-state index is 12.8. The lowest BCUT2D eigenvalue weighted by molar-refractivity contribution is -0.155. The van der Waals surface area contributed by atoms with E-state index in [1.807, 2.05) is 0 Å². The molecule has 2 rings (SSSR count). The Bertz CT molecular complexity index is 591. The first-order chi connectivity index (χ1) is 11.5. The van der Waals surface area contributed by atoms with Crippen LogP contribution in [0.1, 0.15) is 23.2 Å². The third-order valence-electron chi connectivity index (χ3n) is 4.34. The fourth-order valence-corrected chi connectivity index (χ4v) is 3.05. The smallest absolute Gasteiger partial charge is 0.313 e. The number of piperidine rings is 1. The normalized spacial score (nSPS) is 20.5. The highest BCUT2D eigenvalue weighted by molar-refractivity contribution is 5.95. The van der Waals surface area contributed by atoms with Crippen molar-refractivity contribution in [2.75, 3.05) is 41.0 Å². The molecule has 1 fully saturated rings. The van der Waals surface area contributed by atoms with E-state index in [4.69, 9.17) is 14.2 Å². The van der Waals surface area contributed by atoms with Crippen molar-refractivity contribution in [2.45, 2.75) is 12.8 Å². The summed E-state index contributed by atoms with van der Waals surface area (Å²) in [6, 6.07) is 4.93. The Hall–Kier alpha value is -2.28. The molecule has 1 aliphatic rings. The molecule has 1 aliphatic heterocycles. The van der Waals surface area contributed by atoms with Crippen LogP contribution in [-0.2, 0) is 9.53 Å². The lowest BCUT2D eigenvalue weighted by Gasteiger charge is -2.39. The van der Waals surface area contributed by atoms with Gasteiger partial charge in [0.25, 0.3) is 5.91 Å². The third kappa shape index (κ3) is 3.62. The number of rotatable bonds is 6. The van der Waals surface area contributed by atoms with Crippen LogP contribution in [0.25, 0.3) is 0 Å². The van der Waals surface area contributed by atoms with Gasteiger partial charge in [0, 0.05) is 31.8 Å². The molecule has 1 atom stereocenters. The zero-order valence-corrected chi connectivity index (χ0v) is 14.2. The number of ether oxygens (including phenoxy) is 3. The Morgan fingerprint density at radius 1 is 1.17 bits per heavy atom. The van der Waals surface area contributed by atoms with Gasteiger partial charge in [-0.05, 0) is 25.0 Å². The molecular formula is C17H23NO6. The van der Waals surface area contributed by atoms with E-state index in [0.717, 1.165) is 0 Å². The number of carboxylic acids is 1. The first-order valence-electron chi connectivity index (χ1n) is 7.70. The Kier molecular flexibility index (Phi) is 5.66. The van der Waals surface area contributed by atoms with Crippen molar-refractivity contribution >= 4 is 11.9 Å². The van der Waals surface area contributed by atoms with Gasteiger partial charge in [-0.1, -0.05) is 0 Å². The maximum absolute atomic E-state index is 12.8. The number of carboxylic acid groups (broad SMARTS) is 1. The van der Waals surface area contributed by atoms with Gasteiger partial charge in [0.2, 0.25) is 0 Å². The maximum Gasteiger partial charge on any atom is 0.313 e. The van der Waals surface area contributed by atoms with Crippen LogP contribution in [0.5, 0.6) is 11.5 Å². The molecule has 24 heavy (non-hydrogen) atoms. The summed E-state index contributed by atoms with van der Waals surface area (Å²) in [5.74, 6) is -0.161. The van der Waals surface area contributed by atoms with Crippen molar-refractivity contribution in [3.05, 3.63) is 23.8 Å². The summed E-state index contributed by atoms with van der Waals surface area (Å²) >= 11 is 0. The second-order valence-electron chi connectivity index (χ2n) is 5.95. The van der Waals surface area contributed by atoms with Crippen LogP contribution < -0.4 is 9.47 Å². The highest BCUT2D eigenvalue weighted by Gasteiger charge is 2.44. The minimum atomic E-state index is -1.06. The Balaban J connectivity index is 2.27. The number of carbonyl (C=O) groups is 2. The number of hydrogen-bond donors (Lipinski definition) is 1. The van der Waals surface area contributed by atoms with Crippen molar-refractivity contribution in [1.82, 2.24) is 4.90 Å². The molecule has 7 nitrogen and oxygen atoms in total. The Morgan fingerprint density at radius 2 is 1.79 bits per heavy atom. The predicted octanol–water partition coefficient (Wildman–Crippen LogP) is 1.66. The quantitative estimate of drug-likeness (QED) is 0.850. The molecule has 0 aliphatic carbocycles. The average Bonchev–Trinajstić information content (AvgIpc) is 2.60. The minimum Gasteiger partial charge on any atom is -0.497 e. The van der Waals surface area contributed by atoms with Crippen LogP contribution in [0.15, 0.2) is 18.2 Å². The molecular weight excluding hydrogens is 314 g/mol. The predicted molar refractivity (Wildman–Crippen MR) is 86.6 cm³/mol. The van der Waals surface area contributed by atoms with E-state index in [1.54, 1.807) is 23.1 Å². The molecule has 1 aromatic rings. The van der Waals surface area contributed by atoms with Gasteiger partial charge in [0.1, 0.15) is 16.9 Å². The summed E-state index contributed by atoms with van der Waals surface area (Å²) in [7, 11) is 4.49. The minimum absolute atomic E-state index is 0.0769. The van der Waals surface area contributed by atoms with E-state index in [0.29, 0.717) is 36.4 Å². The zero-order chi connectivity index (χ0) is 17.7. The number of likely N-dealkylation sites (tertiary alicyclic amines) is 1. The Labute approximate surface area is 141 Å². The van der Waals surface area contributed by atoms with Gasteiger partial charge in [0.15, 0.2) is 0 Å². The topological polar surface area (TPSA) is 85.3 Å². The summed E-state index contributed by atoms with van der Waals surface area (Å²) in [6.07, 6.45) is 1.10. The van der Waals surface area contributed by atoms with E-state index in [2.05, 4.69) is 0 Å². The van der Waals surface area contributed by atoms with Crippen molar-refractivity contribution in [3.63, 3.8) is 0 Å². The van der Waals surface area contributed by atoms with Crippen molar-refractivity contribution in [3.8, 4) is 11.5 Å². The average molecular weight is 337 g/mol. The highest BCUT2D eigenvalue weighted by Crippen LogP contribution is 2.32. The first kappa shape index (κ1) is 18.1. The van der Waals surface area contributed by atoms with Crippen molar-refractivity contribution in [2.24, 2.45) is 5.41 Å². The van der Waals surface area contributed by atoms with Crippen LogP contribution in [0.4, 0.5) is 0 Å². The second kappa shape index (κ2) is 7.53.